The van der Waals surface area contributed by atoms with Crippen molar-refractivity contribution in [3.8, 4) is 28.3 Å². The zero-order valence-corrected chi connectivity index (χ0v) is 30.1. The fraction of sp³-hybridized carbons (Fsp3) is 0. The smallest absolute Gasteiger partial charge is 0.235 e. The molecule has 4 heterocycles. The van der Waals surface area contributed by atoms with Crippen molar-refractivity contribution in [2.75, 3.05) is 0 Å². The Hall–Kier alpha value is -7.56. The third-order valence-corrected chi connectivity index (χ3v) is 12.0. The molecule has 0 saturated heterocycles. The number of rotatable bonds is 3. The molecule has 0 radical (unpaired) electrons. The van der Waals surface area contributed by atoms with Crippen molar-refractivity contribution in [1.29, 1.82) is 0 Å². The SMILES string of the molecule is c1ccc(-c2ccc(-c3nc(-n4c5ccccc5c5c6c7cc8ccccc8cc7n7c8ccccc8c(cc54)c67)nc4c3ccc3ccccc34)cc2)cc1. The summed E-state index contributed by atoms with van der Waals surface area (Å²) < 4.78 is 4.80. The summed E-state index contributed by atoms with van der Waals surface area (Å²) in [6, 6.07) is 65.8. The van der Waals surface area contributed by atoms with Gasteiger partial charge in [0.2, 0.25) is 5.95 Å². The van der Waals surface area contributed by atoms with E-state index in [1.807, 2.05) is 0 Å². The van der Waals surface area contributed by atoms with Gasteiger partial charge in [0.15, 0.2) is 0 Å². The highest BCUT2D eigenvalue weighted by atomic mass is 15.2. The zero-order valence-electron chi connectivity index (χ0n) is 30.1. The zero-order chi connectivity index (χ0) is 36.5. The summed E-state index contributed by atoms with van der Waals surface area (Å²) in [5.41, 5.74) is 11.2. The van der Waals surface area contributed by atoms with Gasteiger partial charge in [-0.05, 0) is 63.7 Å². The van der Waals surface area contributed by atoms with E-state index in [0.717, 1.165) is 44.0 Å². The summed E-state index contributed by atoms with van der Waals surface area (Å²) in [6.07, 6.45) is 0. The number of hydrogen-bond donors (Lipinski definition) is 0. The Balaban J connectivity index is 1.19. The highest BCUT2D eigenvalue weighted by Gasteiger charge is 2.26. The monoisotopic (exact) mass is 710 g/mol. The van der Waals surface area contributed by atoms with Crippen LogP contribution in [0.4, 0.5) is 0 Å². The van der Waals surface area contributed by atoms with Gasteiger partial charge in [-0.1, -0.05) is 146 Å². The number of benzene rings is 9. The lowest BCUT2D eigenvalue weighted by Crippen LogP contribution is -2.04. The van der Waals surface area contributed by atoms with E-state index in [9.17, 15) is 0 Å². The van der Waals surface area contributed by atoms with Gasteiger partial charge in [0.05, 0.1) is 38.8 Å². The molecule has 13 aromatic rings. The quantitative estimate of drug-likeness (QED) is 0.171. The highest BCUT2D eigenvalue weighted by Crippen LogP contribution is 2.47. The summed E-state index contributed by atoms with van der Waals surface area (Å²) in [6.45, 7) is 0. The molecule has 13 rings (SSSR count). The van der Waals surface area contributed by atoms with Crippen LogP contribution >= 0.6 is 0 Å². The molecule has 258 valence electrons. The van der Waals surface area contributed by atoms with Crippen LogP contribution in [0.15, 0.2) is 182 Å². The summed E-state index contributed by atoms with van der Waals surface area (Å²) in [5, 5.41) is 13.2. The molecule has 0 aliphatic rings. The van der Waals surface area contributed by atoms with Crippen molar-refractivity contribution < 1.29 is 0 Å². The minimum absolute atomic E-state index is 0.661. The van der Waals surface area contributed by atoms with Gasteiger partial charge in [0.25, 0.3) is 0 Å². The number of para-hydroxylation sites is 2. The average Bonchev–Trinajstić information content (AvgIpc) is 3.89. The van der Waals surface area contributed by atoms with E-state index in [4.69, 9.17) is 9.97 Å². The first-order valence-corrected chi connectivity index (χ1v) is 19.2. The van der Waals surface area contributed by atoms with Crippen LogP contribution in [0, 0.1) is 0 Å². The molecule has 0 N–H and O–H groups in total. The fourth-order valence-corrected chi connectivity index (χ4v) is 9.54. The van der Waals surface area contributed by atoms with Crippen molar-refractivity contribution in [3.63, 3.8) is 0 Å². The lowest BCUT2D eigenvalue weighted by atomic mass is 9.99. The van der Waals surface area contributed by atoms with E-state index in [0.29, 0.717) is 5.95 Å². The average molecular weight is 711 g/mol. The van der Waals surface area contributed by atoms with Gasteiger partial charge < -0.3 is 4.40 Å². The second-order valence-electron chi connectivity index (χ2n) is 15.0. The van der Waals surface area contributed by atoms with Gasteiger partial charge in [-0.15, -0.1) is 0 Å². The van der Waals surface area contributed by atoms with Crippen molar-refractivity contribution in [2.45, 2.75) is 0 Å². The van der Waals surface area contributed by atoms with Gasteiger partial charge in [-0.25, -0.2) is 9.97 Å². The van der Waals surface area contributed by atoms with Crippen LogP contribution in [0.1, 0.15) is 0 Å². The van der Waals surface area contributed by atoms with Crippen LogP contribution in [0.25, 0.3) is 121 Å². The van der Waals surface area contributed by atoms with Crippen LogP contribution in [-0.4, -0.2) is 18.9 Å². The second kappa shape index (κ2) is 11.0. The first-order valence-electron chi connectivity index (χ1n) is 19.2. The first kappa shape index (κ1) is 29.8. The van der Waals surface area contributed by atoms with E-state index in [-0.39, 0.29) is 0 Å². The molecule has 0 fully saturated rings. The molecule has 0 bridgehead atoms. The van der Waals surface area contributed by atoms with Gasteiger partial charge in [0.1, 0.15) is 0 Å². The topological polar surface area (TPSA) is 35.1 Å². The molecular formula is C52H30N4. The summed E-state index contributed by atoms with van der Waals surface area (Å²) in [7, 11) is 0. The number of nitrogens with zero attached hydrogens (tertiary/aromatic N) is 4. The largest absolute Gasteiger partial charge is 0.308 e. The minimum atomic E-state index is 0.661. The predicted octanol–water partition coefficient (Wildman–Crippen LogP) is 13.5. The van der Waals surface area contributed by atoms with Gasteiger partial charge in [-0.3, -0.25) is 4.57 Å². The maximum atomic E-state index is 5.55. The molecule has 0 unspecified atom stereocenters. The van der Waals surface area contributed by atoms with E-state index in [1.165, 1.54) is 70.8 Å². The summed E-state index contributed by atoms with van der Waals surface area (Å²) >= 11 is 0. The first-order chi connectivity index (χ1) is 27.8. The molecule has 4 nitrogen and oxygen atoms in total. The van der Waals surface area contributed by atoms with Gasteiger partial charge in [0, 0.05) is 48.7 Å². The van der Waals surface area contributed by atoms with Crippen molar-refractivity contribution in [3.05, 3.63) is 182 Å². The molecule has 0 aliphatic heterocycles. The third kappa shape index (κ3) is 3.97. The van der Waals surface area contributed by atoms with E-state index < -0.39 is 0 Å². The molecule has 4 heteroatoms. The lowest BCUT2D eigenvalue weighted by Gasteiger charge is -2.14. The van der Waals surface area contributed by atoms with Crippen molar-refractivity contribution in [2.24, 2.45) is 0 Å². The Morgan fingerprint density at radius 2 is 0.982 bits per heavy atom. The van der Waals surface area contributed by atoms with Crippen molar-refractivity contribution in [1.82, 2.24) is 18.9 Å². The van der Waals surface area contributed by atoms with Crippen LogP contribution < -0.4 is 0 Å². The Labute approximate surface area is 320 Å². The highest BCUT2D eigenvalue weighted by molar-refractivity contribution is 6.36. The van der Waals surface area contributed by atoms with Crippen LogP contribution in [0.2, 0.25) is 0 Å². The predicted molar refractivity (Wildman–Crippen MR) is 234 cm³/mol. The molecule has 0 atom stereocenters. The maximum absolute atomic E-state index is 5.55. The third-order valence-electron chi connectivity index (χ3n) is 12.0. The van der Waals surface area contributed by atoms with Gasteiger partial charge >= 0.3 is 0 Å². The van der Waals surface area contributed by atoms with E-state index in [1.54, 1.807) is 0 Å². The Kier molecular flexibility index (Phi) is 5.86. The standard InChI is InChI=1S/C52H30N4/c1-2-12-31(13-3-1)32-22-24-34(25-23-32)49-40-27-26-33-14-6-7-17-37(33)50(40)54-52(53-49)56-44-21-11-9-19-39(44)47-46(56)30-41-38-18-8-10-20-43(38)55-45-29-36-16-5-4-15-35(36)28-42(45)48(47)51(41)55/h1-30H. The number of hydrogen-bond acceptors (Lipinski definition) is 2. The maximum Gasteiger partial charge on any atom is 0.235 e. The Morgan fingerprint density at radius 1 is 0.339 bits per heavy atom. The van der Waals surface area contributed by atoms with E-state index in [2.05, 4.69) is 191 Å². The minimum Gasteiger partial charge on any atom is -0.308 e. The van der Waals surface area contributed by atoms with Gasteiger partial charge in [-0.2, -0.15) is 0 Å². The van der Waals surface area contributed by atoms with E-state index >= 15 is 0 Å². The van der Waals surface area contributed by atoms with Crippen LogP contribution in [0.5, 0.6) is 0 Å². The summed E-state index contributed by atoms with van der Waals surface area (Å²) in [5.74, 6) is 0.661. The lowest BCUT2D eigenvalue weighted by molar-refractivity contribution is 1.02. The Bertz CT molecular complexity index is 3740. The second-order valence-corrected chi connectivity index (χ2v) is 15.0. The normalized spacial score (nSPS) is 12.3. The number of aromatic nitrogens is 4. The molecule has 4 aromatic heterocycles. The fourth-order valence-electron chi connectivity index (χ4n) is 9.54. The molecule has 56 heavy (non-hydrogen) atoms. The molecule has 0 aliphatic carbocycles. The molecular weight excluding hydrogens is 681 g/mol. The van der Waals surface area contributed by atoms with Crippen molar-refractivity contribution >= 4 is 92.3 Å². The molecule has 0 spiro atoms. The molecule has 0 saturated carbocycles. The molecule has 0 amide bonds. The van der Waals surface area contributed by atoms with Crippen LogP contribution in [-0.2, 0) is 0 Å². The number of fused-ring (bicyclic) bond motifs is 14. The Morgan fingerprint density at radius 3 is 1.80 bits per heavy atom. The van der Waals surface area contributed by atoms with Crippen LogP contribution in [0.3, 0.4) is 0 Å². The molecule has 9 aromatic carbocycles. The summed E-state index contributed by atoms with van der Waals surface area (Å²) in [4.78, 5) is 11.1.